The Kier molecular flexibility index (Phi) is 6.30. The van der Waals surface area contributed by atoms with Gasteiger partial charge in [0.05, 0.1) is 4.92 Å². The molecule has 0 radical (unpaired) electrons. The van der Waals surface area contributed by atoms with Gasteiger partial charge in [-0.2, -0.15) is 11.8 Å². The van der Waals surface area contributed by atoms with Crippen LogP contribution < -0.4 is 10.6 Å². The Balaban J connectivity index is 2.83. The van der Waals surface area contributed by atoms with E-state index in [1.165, 1.54) is 6.07 Å². The number of anilines is 1. The summed E-state index contributed by atoms with van der Waals surface area (Å²) < 4.78 is 0. The molecule has 1 unspecified atom stereocenters. The van der Waals surface area contributed by atoms with Gasteiger partial charge in [0.2, 0.25) is 0 Å². The predicted octanol–water partition coefficient (Wildman–Crippen LogP) is 2.51. The van der Waals surface area contributed by atoms with Crippen LogP contribution in [-0.2, 0) is 0 Å². The average molecular weight is 297 g/mol. The molecule has 0 bridgehead atoms. The van der Waals surface area contributed by atoms with E-state index in [9.17, 15) is 14.9 Å². The molecular weight excluding hydrogens is 278 g/mol. The summed E-state index contributed by atoms with van der Waals surface area (Å²) in [6, 6.07) is 4.45. The summed E-state index contributed by atoms with van der Waals surface area (Å²) in [7, 11) is 1.60. The van der Waals surface area contributed by atoms with Crippen molar-refractivity contribution in [2.24, 2.45) is 0 Å². The molecule has 0 spiro atoms. The third kappa shape index (κ3) is 4.41. The summed E-state index contributed by atoms with van der Waals surface area (Å²) in [6.07, 6.45) is 2.87. The minimum atomic E-state index is -0.500. The fourth-order valence-corrected chi connectivity index (χ4v) is 2.30. The summed E-state index contributed by atoms with van der Waals surface area (Å²) in [5, 5.41) is 16.5. The van der Waals surface area contributed by atoms with Crippen molar-refractivity contribution >= 4 is 29.0 Å². The third-order valence-corrected chi connectivity index (χ3v) is 3.50. The molecule has 0 aliphatic carbocycles. The standard InChI is InChI=1S/C13H19N3O3S/c1-9(6-7-20-3)15-13(17)10-4-5-11(14-2)12(8-10)16(18)19/h4-5,8-9,14H,6-7H2,1-3H3,(H,15,17). The topological polar surface area (TPSA) is 84.3 Å². The zero-order valence-corrected chi connectivity index (χ0v) is 12.6. The van der Waals surface area contributed by atoms with E-state index in [4.69, 9.17) is 0 Å². The number of benzene rings is 1. The summed E-state index contributed by atoms with van der Waals surface area (Å²) in [4.78, 5) is 22.5. The smallest absolute Gasteiger partial charge is 0.293 e. The molecule has 0 aromatic heterocycles. The van der Waals surface area contributed by atoms with E-state index >= 15 is 0 Å². The molecule has 2 N–H and O–H groups in total. The van der Waals surface area contributed by atoms with E-state index in [2.05, 4.69) is 10.6 Å². The Hall–Kier alpha value is -1.76. The minimum absolute atomic E-state index is 0.0398. The SMILES string of the molecule is CNc1ccc(C(=O)NC(C)CCSC)cc1[N+](=O)[O-]. The second-order valence-corrected chi connectivity index (χ2v) is 5.38. The number of thioether (sulfide) groups is 1. The van der Waals surface area contributed by atoms with Crippen LogP contribution in [0.1, 0.15) is 23.7 Å². The highest BCUT2D eigenvalue weighted by molar-refractivity contribution is 7.98. The number of carbonyl (C=O) groups excluding carboxylic acids is 1. The van der Waals surface area contributed by atoms with Crippen LogP contribution in [0, 0.1) is 10.1 Å². The Morgan fingerprint density at radius 3 is 2.75 bits per heavy atom. The minimum Gasteiger partial charge on any atom is -0.383 e. The van der Waals surface area contributed by atoms with E-state index in [0.29, 0.717) is 11.3 Å². The number of nitrogens with one attached hydrogen (secondary N) is 2. The van der Waals surface area contributed by atoms with Crippen LogP contribution in [-0.4, -0.2) is 35.9 Å². The van der Waals surface area contributed by atoms with Crippen LogP contribution in [0.25, 0.3) is 0 Å². The molecule has 1 rings (SSSR count). The van der Waals surface area contributed by atoms with Crippen molar-refractivity contribution in [3.63, 3.8) is 0 Å². The molecule has 0 fully saturated rings. The zero-order valence-electron chi connectivity index (χ0n) is 11.8. The lowest BCUT2D eigenvalue weighted by atomic mass is 10.1. The molecule has 0 saturated heterocycles. The molecule has 1 aromatic rings. The van der Waals surface area contributed by atoms with Gasteiger partial charge in [-0.3, -0.25) is 14.9 Å². The lowest BCUT2D eigenvalue weighted by Crippen LogP contribution is -2.32. The zero-order chi connectivity index (χ0) is 15.1. The fourth-order valence-electron chi connectivity index (χ4n) is 1.71. The fraction of sp³-hybridized carbons (Fsp3) is 0.462. The van der Waals surface area contributed by atoms with Crippen molar-refractivity contribution < 1.29 is 9.72 Å². The van der Waals surface area contributed by atoms with Gasteiger partial charge in [0.15, 0.2) is 0 Å². The number of nitro benzene ring substituents is 1. The van der Waals surface area contributed by atoms with Crippen molar-refractivity contribution in [1.82, 2.24) is 5.32 Å². The first kappa shape index (κ1) is 16.3. The van der Waals surface area contributed by atoms with Crippen LogP contribution in [0.5, 0.6) is 0 Å². The molecule has 7 heteroatoms. The van der Waals surface area contributed by atoms with Gasteiger partial charge in [-0.25, -0.2) is 0 Å². The highest BCUT2D eigenvalue weighted by atomic mass is 32.2. The Labute approximate surface area is 122 Å². The summed E-state index contributed by atoms with van der Waals surface area (Å²) >= 11 is 1.72. The van der Waals surface area contributed by atoms with Gasteiger partial charge >= 0.3 is 0 Å². The van der Waals surface area contributed by atoms with E-state index < -0.39 is 4.92 Å². The number of carbonyl (C=O) groups is 1. The highest BCUT2D eigenvalue weighted by Gasteiger charge is 2.17. The molecule has 1 amide bonds. The van der Waals surface area contributed by atoms with Gasteiger partial charge < -0.3 is 10.6 Å². The molecule has 1 aromatic carbocycles. The molecule has 1 atom stereocenters. The third-order valence-electron chi connectivity index (χ3n) is 2.86. The maximum atomic E-state index is 12.0. The van der Waals surface area contributed by atoms with Gasteiger partial charge in [-0.05, 0) is 37.5 Å². The molecule has 20 heavy (non-hydrogen) atoms. The molecule has 6 nitrogen and oxygen atoms in total. The first-order chi connectivity index (χ1) is 9.49. The van der Waals surface area contributed by atoms with E-state index in [1.807, 2.05) is 13.2 Å². The van der Waals surface area contributed by atoms with Crippen LogP contribution in [0.15, 0.2) is 18.2 Å². The monoisotopic (exact) mass is 297 g/mol. The maximum absolute atomic E-state index is 12.0. The van der Waals surface area contributed by atoms with Crippen molar-refractivity contribution in [2.45, 2.75) is 19.4 Å². The largest absolute Gasteiger partial charge is 0.383 e. The first-order valence-corrected chi connectivity index (χ1v) is 7.65. The van der Waals surface area contributed by atoms with Crippen LogP contribution in [0.3, 0.4) is 0 Å². The van der Waals surface area contributed by atoms with Gasteiger partial charge in [0, 0.05) is 24.7 Å². The molecular formula is C13H19N3O3S. The van der Waals surface area contributed by atoms with Crippen LogP contribution in [0.2, 0.25) is 0 Å². The Morgan fingerprint density at radius 1 is 1.50 bits per heavy atom. The van der Waals surface area contributed by atoms with Crippen molar-refractivity contribution in [3.8, 4) is 0 Å². The maximum Gasteiger partial charge on any atom is 0.293 e. The van der Waals surface area contributed by atoms with E-state index in [-0.39, 0.29) is 17.6 Å². The molecule has 0 aliphatic rings. The summed E-state index contributed by atoms with van der Waals surface area (Å²) in [6.45, 7) is 1.92. The second-order valence-electron chi connectivity index (χ2n) is 4.40. The summed E-state index contributed by atoms with van der Waals surface area (Å²) in [5.41, 5.74) is 0.589. The lowest BCUT2D eigenvalue weighted by molar-refractivity contribution is -0.384. The molecule has 110 valence electrons. The number of nitrogens with zero attached hydrogens (tertiary/aromatic N) is 1. The summed E-state index contributed by atoms with van der Waals surface area (Å²) in [5.74, 6) is 0.671. The van der Waals surface area contributed by atoms with E-state index in [0.717, 1.165) is 12.2 Å². The van der Waals surface area contributed by atoms with Gasteiger partial charge in [-0.1, -0.05) is 0 Å². The number of rotatable bonds is 7. The number of nitro groups is 1. The van der Waals surface area contributed by atoms with Crippen molar-refractivity contribution in [1.29, 1.82) is 0 Å². The van der Waals surface area contributed by atoms with Gasteiger partial charge in [-0.15, -0.1) is 0 Å². The quantitative estimate of drug-likeness (QED) is 0.596. The van der Waals surface area contributed by atoms with Crippen molar-refractivity contribution in [3.05, 3.63) is 33.9 Å². The number of amides is 1. The highest BCUT2D eigenvalue weighted by Crippen LogP contribution is 2.25. The Morgan fingerprint density at radius 2 is 2.20 bits per heavy atom. The van der Waals surface area contributed by atoms with Gasteiger partial charge in [0.1, 0.15) is 5.69 Å². The van der Waals surface area contributed by atoms with Crippen LogP contribution in [0.4, 0.5) is 11.4 Å². The predicted molar refractivity (Wildman–Crippen MR) is 82.6 cm³/mol. The molecule has 0 heterocycles. The van der Waals surface area contributed by atoms with Crippen LogP contribution >= 0.6 is 11.8 Å². The molecule has 0 saturated carbocycles. The number of hydrogen-bond acceptors (Lipinski definition) is 5. The van der Waals surface area contributed by atoms with Gasteiger partial charge in [0.25, 0.3) is 11.6 Å². The first-order valence-electron chi connectivity index (χ1n) is 6.25. The number of hydrogen-bond donors (Lipinski definition) is 2. The Bertz CT molecular complexity index is 494. The average Bonchev–Trinajstić information content (AvgIpc) is 2.44. The lowest BCUT2D eigenvalue weighted by Gasteiger charge is -2.13. The van der Waals surface area contributed by atoms with E-state index in [1.54, 1.807) is 30.9 Å². The molecule has 0 aliphatic heterocycles. The second kappa shape index (κ2) is 7.74. The normalized spacial score (nSPS) is 11.8. The van der Waals surface area contributed by atoms with Crippen molar-refractivity contribution in [2.75, 3.05) is 24.4 Å².